The molecule has 2 N–H and O–H groups in total. The van der Waals surface area contributed by atoms with Crippen LogP contribution in [0.4, 0.5) is 0 Å². The average Bonchev–Trinajstić information content (AvgIpc) is 2.66. The molecule has 0 saturated heterocycles. The maximum atomic E-state index is 12.7. The van der Waals surface area contributed by atoms with Crippen LogP contribution >= 0.6 is 0 Å². The van der Waals surface area contributed by atoms with E-state index in [1.54, 1.807) is 4.90 Å². The lowest BCUT2D eigenvalue weighted by atomic mass is 9.99. The third kappa shape index (κ3) is 4.25. The van der Waals surface area contributed by atoms with Crippen LogP contribution in [0.1, 0.15) is 16.7 Å². The van der Waals surface area contributed by atoms with Gasteiger partial charge in [0.1, 0.15) is 6.04 Å². The number of aliphatic hydroxyl groups is 1. The number of amides is 2. The number of hydrogen-bond acceptors (Lipinski definition) is 3. The van der Waals surface area contributed by atoms with Crippen LogP contribution in [0.3, 0.4) is 0 Å². The van der Waals surface area contributed by atoms with E-state index in [4.69, 9.17) is 0 Å². The number of nitrogens with one attached hydrogen (secondary N) is 1. The van der Waals surface area contributed by atoms with Crippen molar-refractivity contribution in [3.63, 3.8) is 0 Å². The number of carbonyl (C=O) groups is 2. The molecule has 0 saturated carbocycles. The first-order valence-electron chi connectivity index (χ1n) is 8.47. The summed E-state index contributed by atoms with van der Waals surface area (Å²) in [6.07, 6.45) is 0.978. The normalized spacial score (nSPS) is 14.5. The molecule has 1 heterocycles. The van der Waals surface area contributed by atoms with E-state index >= 15 is 0 Å². The summed E-state index contributed by atoms with van der Waals surface area (Å²) < 4.78 is 0. The quantitative estimate of drug-likeness (QED) is 0.863. The standard InChI is InChI=1S/C20H22N2O3/c23-14-18(21-19(24)12-15-6-2-1-3-7-15)20(25)22-11-10-16-8-4-5-9-17(16)13-22/h1-9,18,23H,10-14H2,(H,21,24)/t18-/m0/s1. The zero-order valence-corrected chi connectivity index (χ0v) is 14.0. The highest BCUT2D eigenvalue weighted by atomic mass is 16.3. The summed E-state index contributed by atoms with van der Waals surface area (Å²) in [4.78, 5) is 26.6. The van der Waals surface area contributed by atoms with E-state index in [9.17, 15) is 14.7 Å². The summed E-state index contributed by atoms with van der Waals surface area (Å²) in [6.45, 7) is 0.707. The molecule has 0 radical (unpaired) electrons. The molecule has 0 spiro atoms. The van der Waals surface area contributed by atoms with Crippen molar-refractivity contribution in [1.82, 2.24) is 10.2 Å². The summed E-state index contributed by atoms with van der Waals surface area (Å²) in [5.41, 5.74) is 3.24. The van der Waals surface area contributed by atoms with E-state index in [1.165, 1.54) is 5.56 Å². The summed E-state index contributed by atoms with van der Waals surface area (Å²) >= 11 is 0. The zero-order chi connectivity index (χ0) is 17.6. The van der Waals surface area contributed by atoms with Gasteiger partial charge in [-0.15, -0.1) is 0 Å². The third-order valence-corrected chi connectivity index (χ3v) is 4.47. The molecule has 1 aliphatic rings. The number of aliphatic hydroxyl groups excluding tert-OH is 1. The molecule has 0 bridgehead atoms. The second-order valence-electron chi connectivity index (χ2n) is 6.24. The largest absolute Gasteiger partial charge is 0.394 e. The first kappa shape index (κ1) is 17.2. The van der Waals surface area contributed by atoms with Crippen LogP contribution in [-0.4, -0.2) is 41.0 Å². The number of carbonyl (C=O) groups excluding carboxylic acids is 2. The van der Waals surface area contributed by atoms with E-state index in [-0.39, 0.29) is 18.2 Å². The van der Waals surface area contributed by atoms with Crippen LogP contribution in [0.25, 0.3) is 0 Å². The van der Waals surface area contributed by atoms with Gasteiger partial charge in [-0.05, 0) is 23.1 Å². The van der Waals surface area contributed by atoms with Crippen molar-refractivity contribution in [2.24, 2.45) is 0 Å². The first-order valence-corrected chi connectivity index (χ1v) is 8.47. The fourth-order valence-corrected chi connectivity index (χ4v) is 3.12. The summed E-state index contributed by atoms with van der Waals surface area (Å²) in [7, 11) is 0. The fourth-order valence-electron chi connectivity index (χ4n) is 3.12. The summed E-state index contributed by atoms with van der Waals surface area (Å²) in [5, 5.41) is 12.2. The van der Waals surface area contributed by atoms with Crippen molar-refractivity contribution < 1.29 is 14.7 Å². The van der Waals surface area contributed by atoms with E-state index in [0.717, 1.165) is 17.5 Å². The van der Waals surface area contributed by atoms with Crippen LogP contribution in [0.15, 0.2) is 54.6 Å². The minimum absolute atomic E-state index is 0.188. The molecule has 0 fully saturated rings. The van der Waals surface area contributed by atoms with E-state index in [1.807, 2.05) is 48.5 Å². The molecule has 1 atom stereocenters. The highest BCUT2D eigenvalue weighted by molar-refractivity contribution is 5.88. The number of hydrogen-bond donors (Lipinski definition) is 2. The Morgan fingerprint density at radius 2 is 1.72 bits per heavy atom. The van der Waals surface area contributed by atoms with Gasteiger partial charge in [0.05, 0.1) is 13.0 Å². The van der Waals surface area contributed by atoms with Gasteiger partial charge in [0.25, 0.3) is 0 Å². The molecule has 2 amide bonds. The smallest absolute Gasteiger partial charge is 0.247 e. The van der Waals surface area contributed by atoms with Crippen molar-refractivity contribution in [3.05, 3.63) is 71.3 Å². The average molecular weight is 338 g/mol. The maximum Gasteiger partial charge on any atom is 0.247 e. The summed E-state index contributed by atoms with van der Waals surface area (Å²) in [6, 6.07) is 16.5. The molecule has 1 aliphatic heterocycles. The van der Waals surface area contributed by atoms with Crippen LogP contribution in [0.5, 0.6) is 0 Å². The Morgan fingerprint density at radius 1 is 1.04 bits per heavy atom. The van der Waals surface area contributed by atoms with Gasteiger partial charge >= 0.3 is 0 Å². The molecule has 2 aromatic rings. The van der Waals surface area contributed by atoms with Crippen LogP contribution in [-0.2, 0) is 29.0 Å². The Kier molecular flexibility index (Phi) is 5.46. The zero-order valence-electron chi connectivity index (χ0n) is 14.0. The van der Waals surface area contributed by atoms with Crippen molar-refractivity contribution in [2.45, 2.75) is 25.4 Å². The first-order chi connectivity index (χ1) is 12.2. The van der Waals surface area contributed by atoms with Gasteiger partial charge in [0.15, 0.2) is 0 Å². The number of rotatable bonds is 5. The predicted octanol–water partition coefficient (Wildman–Crippen LogP) is 1.29. The molecule has 25 heavy (non-hydrogen) atoms. The lowest BCUT2D eigenvalue weighted by Gasteiger charge is -2.31. The molecular weight excluding hydrogens is 316 g/mol. The molecule has 2 aromatic carbocycles. The Labute approximate surface area is 147 Å². The minimum atomic E-state index is -0.901. The Balaban J connectivity index is 1.61. The van der Waals surface area contributed by atoms with E-state index < -0.39 is 12.6 Å². The van der Waals surface area contributed by atoms with E-state index in [0.29, 0.717) is 13.1 Å². The highest BCUT2D eigenvalue weighted by Crippen LogP contribution is 2.19. The molecule has 0 aliphatic carbocycles. The molecule has 0 aromatic heterocycles. The lowest BCUT2D eigenvalue weighted by molar-refractivity contribution is -0.138. The van der Waals surface area contributed by atoms with Gasteiger partial charge in [-0.2, -0.15) is 0 Å². The lowest BCUT2D eigenvalue weighted by Crippen LogP contribution is -2.51. The van der Waals surface area contributed by atoms with Gasteiger partial charge < -0.3 is 15.3 Å². The van der Waals surface area contributed by atoms with Crippen molar-refractivity contribution in [1.29, 1.82) is 0 Å². The van der Waals surface area contributed by atoms with Gasteiger partial charge in [-0.3, -0.25) is 9.59 Å². The molecule has 130 valence electrons. The second kappa shape index (κ2) is 7.94. The van der Waals surface area contributed by atoms with Gasteiger partial charge in [0.2, 0.25) is 11.8 Å². The van der Waals surface area contributed by atoms with Crippen molar-refractivity contribution >= 4 is 11.8 Å². The molecule has 0 unspecified atom stereocenters. The van der Waals surface area contributed by atoms with Crippen LogP contribution in [0.2, 0.25) is 0 Å². The predicted molar refractivity (Wildman–Crippen MR) is 94.7 cm³/mol. The number of benzene rings is 2. The Hall–Kier alpha value is -2.66. The highest BCUT2D eigenvalue weighted by Gasteiger charge is 2.27. The Morgan fingerprint density at radius 3 is 2.44 bits per heavy atom. The Bertz CT molecular complexity index is 746. The van der Waals surface area contributed by atoms with Crippen LogP contribution < -0.4 is 5.32 Å². The molecule has 3 rings (SSSR count). The van der Waals surface area contributed by atoms with Crippen molar-refractivity contribution in [2.75, 3.05) is 13.2 Å². The van der Waals surface area contributed by atoms with Gasteiger partial charge in [-0.25, -0.2) is 0 Å². The minimum Gasteiger partial charge on any atom is -0.394 e. The fraction of sp³-hybridized carbons (Fsp3) is 0.300. The topological polar surface area (TPSA) is 69.6 Å². The van der Waals surface area contributed by atoms with Crippen molar-refractivity contribution in [3.8, 4) is 0 Å². The number of fused-ring (bicyclic) bond motifs is 1. The van der Waals surface area contributed by atoms with E-state index in [2.05, 4.69) is 11.4 Å². The summed E-state index contributed by atoms with van der Waals surface area (Å²) in [5.74, 6) is -0.505. The maximum absolute atomic E-state index is 12.7. The second-order valence-corrected chi connectivity index (χ2v) is 6.24. The molecule has 5 nitrogen and oxygen atoms in total. The monoisotopic (exact) mass is 338 g/mol. The van der Waals surface area contributed by atoms with Gasteiger partial charge in [0, 0.05) is 13.1 Å². The molecular formula is C20H22N2O3. The molecule has 5 heteroatoms. The van der Waals surface area contributed by atoms with Crippen LogP contribution in [0, 0.1) is 0 Å². The SMILES string of the molecule is O=C(Cc1ccccc1)N[C@@H](CO)C(=O)N1CCc2ccccc2C1. The third-order valence-electron chi connectivity index (χ3n) is 4.47. The van der Waals surface area contributed by atoms with Gasteiger partial charge in [-0.1, -0.05) is 54.6 Å². The number of nitrogens with zero attached hydrogens (tertiary/aromatic N) is 1.